The molecule has 0 aliphatic heterocycles. The normalized spacial score (nSPS) is 13.3. The van der Waals surface area contributed by atoms with Crippen molar-refractivity contribution in [2.45, 2.75) is 26.8 Å². The summed E-state index contributed by atoms with van der Waals surface area (Å²) in [6.45, 7) is 6.46. The highest BCUT2D eigenvalue weighted by Crippen LogP contribution is 2.25. The molecule has 0 aliphatic rings. The third kappa shape index (κ3) is 1.96. The van der Waals surface area contributed by atoms with E-state index in [4.69, 9.17) is 5.73 Å². The fourth-order valence-corrected chi connectivity index (χ4v) is 2.06. The number of nitrogens with two attached hydrogens (primary N) is 1. The van der Waals surface area contributed by atoms with Gasteiger partial charge in [0.15, 0.2) is 0 Å². The van der Waals surface area contributed by atoms with Crippen LogP contribution in [-0.2, 0) is 0 Å². The smallest absolute Gasteiger partial charge is 0.0318 e. The van der Waals surface area contributed by atoms with Crippen molar-refractivity contribution in [1.82, 2.24) is 0 Å². The maximum atomic E-state index is 6.17. The van der Waals surface area contributed by atoms with E-state index in [1.165, 1.54) is 21.9 Å². The number of rotatable bonds is 2. The largest absolute Gasteiger partial charge is 0.324 e. The Kier molecular flexibility index (Phi) is 2.97. The third-order valence-electron chi connectivity index (χ3n) is 3.23. The van der Waals surface area contributed by atoms with Gasteiger partial charge < -0.3 is 5.73 Å². The maximum Gasteiger partial charge on any atom is 0.0318 e. The summed E-state index contributed by atoms with van der Waals surface area (Å²) in [7, 11) is 0. The van der Waals surface area contributed by atoms with Gasteiger partial charge >= 0.3 is 0 Å². The second-order valence-electron chi connectivity index (χ2n) is 4.83. The molecule has 84 valence electrons. The Morgan fingerprint density at radius 1 is 1.06 bits per heavy atom. The zero-order valence-electron chi connectivity index (χ0n) is 10.2. The molecule has 1 nitrogen and oxygen atoms in total. The molecule has 0 aromatic heterocycles. The molecule has 0 aliphatic carbocycles. The summed E-state index contributed by atoms with van der Waals surface area (Å²) in [6, 6.07) is 13.1. The Morgan fingerprint density at radius 3 is 2.50 bits per heavy atom. The SMILES string of the molecule is Cc1cccc2cc(C(N)C(C)C)ccc12. The van der Waals surface area contributed by atoms with Crippen molar-refractivity contribution < 1.29 is 0 Å². The molecule has 0 fully saturated rings. The number of hydrogen-bond acceptors (Lipinski definition) is 1. The summed E-state index contributed by atoms with van der Waals surface area (Å²) in [5, 5.41) is 2.61. The van der Waals surface area contributed by atoms with Gasteiger partial charge in [-0.1, -0.05) is 44.2 Å². The quantitative estimate of drug-likeness (QED) is 0.806. The first-order valence-corrected chi connectivity index (χ1v) is 5.84. The molecule has 0 spiro atoms. The molecule has 0 heterocycles. The van der Waals surface area contributed by atoms with Crippen molar-refractivity contribution in [2.75, 3.05) is 0 Å². The topological polar surface area (TPSA) is 26.0 Å². The van der Waals surface area contributed by atoms with Crippen LogP contribution in [0.4, 0.5) is 0 Å². The first-order chi connectivity index (χ1) is 7.59. The minimum atomic E-state index is 0.130. The molecule has 0 amide bonds. The van der Waals surface area contributed by atoms with E-state index in [-0.39, 0.29) is 6.04 Å². The Balaban J connectivity index is 2.53. The Morgan fingerprint density at radius 2 is 1.81 bits per heavy atom. The third-order valence-corrected chi connectivity index (χ3v) is 3.23. The number of aryl methyl sites for hydroxylation is 1. The molecule has 2 N–H and O–H groups in total. The number of hydrogen-bond donors (Lipinski definition) is 1. The zero-order valence-corrected chi connectivity index (χ0v) is 10.2. The molecule has 0 radical (unpaired) electrons. The number of benzene rings is 2. The van der Waals surface area contributed by atoms with Crippen molar-refractivity contribution in [3.63, 3.8) is 0 Å². The number of fused-ring (bicyclic) bond motifs is 1. The monoisotopic (exact) mass is 213 g/mol. The summed E-state index contributed by atoms with van der Waals surface area (Å²) < 4.78 is 0. The van der Waals surface area contributed by atoms with Crippen LogP contribution in [0.1, 0.15) is 31.0 Å². The van der Waals surface area contributed by atoms with Gasteiger partial charge in [0.1, 0.15) is 0 Å². The molecule has 2 aromatic rings. The van der Waals surface area contributed by atoms with Gasteiger partial charge in [0.25, 0.3) is 0 Å². The van der Waals surface area contributed by atoms with E-state index < -0.39 is 0 Å². The minimum Gasteiger partial charge on any atom is -0.324 e. The van der Waals surface area contributed by atoms with E-state index in [9.17, 15) is 0 Å². The summed E-state index contributed by atoms with van der Waals surface area (Å²) >= 11 is 0. The van der Waals surface area contributed by atoms with Crippen molar-refractivity contribution in [2.24, 2.45) is 11.7 Å². The lowest BCUT2D eigenvalue weighted by Crippen LogP contribution is -2.16. The van der Waals surface area contributed by atoms with E-state index in [1.54, 1.807) is 0 Å². The van der Waals surface area contributed by atoms with Crippen molar-refractivity contribution in [3.05, 3.63) is 47.5 Å². The summed E-state index contributed by atoms with van der Waals surface area (Å²) in [5.74, 6) is 0.474. The van der Waals surface area contributed by atoms with Gasteiger partial charge in [0.05, 0.1) is 0 Å². The predicted molar refractivity (Wildman–Crippen MR) is 70.5 cm³/mol. The molecule has 1 heteroatoms. The van der Waals surface area contributed by atoms with Gasteiger partial charge in [-0.05, 0) is 40.8 Å². The van der Waals surface area contributed by atoms with Crippen molar-refractivity contribution in [1.29, 1.82) is 0 Å². The summed E-state index contributed by atoms with van der Waals surface area (Å²) in [4.78, 5) is 0. The lowest BCUT2D eigenvalue weighted by Gasteiger charge is -2.16. The molecule has 0 saturated carbocycles. The lowest BCUT2D eigenvalue weighted by atomic mass is 9.94. The average Bonchev–Trinajstić information content (AvgIpc) is 2.28. The summed E-state index contributed by atoms with van der Waals surface area (Å²) in [6.07, 6.45) is 0. The van der Waals surface area contributed by atoms with Crippen LogP contribution in [0.2, 0.25) is 0 Å². The summed E-state index contributed by atoms with van der Waals surface area (Å²) in [5.41, 5.74) is 8.72. The van der Waals surface area contributed by atoms with Crippen molar-refractivity contribution in [3.8, 4) is 0 Å². The highest BCUT2D eigenvalue weighted by Gasteiger charge is 2.10. The molecule has 0 saturated heterocycles. The maximum absolute atomic E-state index is 6.17. The van der Waals surface area contributed by atoms with Gasteiger partial charge in [-0.15, -0.1) is 0 Å². The standard InChI is InChI=1S/C15H19N/c1-10(2)15(16)13-7-8-14-11(3)5-4-6-12(14)9-13/h4-10,15H,16H2,1-3H3. The fourth-order valence-electron chi connectivity index (χ4n) is 2.06. The van der Waals surface area contributed by atoms with E-state index in [0.29, 0.717) is 5.92 Å². The van der Waals surface area contributed by atoms with Crippen LogP contribution in [0.5, 0.6) is 0 Å². The highest BCUT2D eigenvalue weighted by molar-refractivity contribution is 5.86. The Bertz CT molecular complexity index is 500. The average molecular weight is 213 g/mol. The minimum absolute atomic E-state index is 0.130. The van der Waals surface area contributed by atoms with Crippen LogP contribution in [0.15, 0.2) is 36.4 Å². The molecule has 0 bridgehead atoms. The van der Waals surface area contributed by atoms with Gasteiger partial charge in [0, 0.05) is 6.04 Å². The second-order valence-corrected chi connectivity index (χ2v) is 4.83. The lowest BCUT2D eigenvalue weighted by molar-refractivity contribution is 0.515. The fraction of sp³-hybridized carbons (Fsp3) is 0.333. The first kappa shape index (κ1) is 11.2. The first-order valence-electron chi connectivity index (χ1n) is 5.84. The Hall–Kier alpha value is -1.34. The van der Waals surface area contributed by atoms with Crippen LogP contribution in [0, 0.1) is 12.8 Å². The van der Waals surface area contributed by atoms with E-state index >= 15 is 0 Å². The Labute approximate surface area is 97.3 Å². The van der Waals surface area contributed by atoms with Gasteiger partial charge in [-0.25, -0.2) is 0 Å². The molecule has 2 rings (SSSR count). The van der Waals surface area contributed by atoms with E-state index in [1.807, 2.05) is 0 Å². The van der Waals surface area contributed by atoms with Crippen LogP contribution in [0.3, 0.4) is 0 Å². The molecule has 1 unspecified atom stereocenters. The van der Waals surface area contributed by atoms with Crippen LogP contribution in [0.25, 0.3) is 10.8 Å². The van der Waals surface area contributed by atoms with Crippen LogP contribution in [-0.4, -0.2) is 0 Å². The van der Waals surface area contributed by atoms with Crippen molar-refractivity contribution >= 4 is 10.8 Å². The zero-order chi connectivity index (χ0) is 11.7. The highest BCUT2D eigenvalue weighted by atomic mass is 14.6. The second kappa shape index (κ2) is 4.26. The van der Waals surface area contributed by atoms with Crippen LogP contribution < -0.4 is 5.73 Å². The molecule has 2 aromatic carbocycles. The molecular formula is C15H19N. The van der Waals surface area contributed by atoms with Gasteiger partial charge in [-0.2, -0.15) is 0 Å². The van der Waals surface area contributed by atoms with Gasteiger partial charge in [0.2, 0.25) is 0 Å². The van der Waals surface area contributed by atoms with E-state index in [2.05, 4.69) is 57.2 Å². The van der Waals surface area contributed by atoms with Gasteiger partial charge in [-0.3, -0.25) is 0 Å². The van der Waals surface area contributed by atoms with E-state index in [0.717, 1.165) is 0 Å². The molecular weight excluding hydrogens is 194 g/mol. The molecule has 16 heavy (non-hydrogen) atoms. The van der Waals surface area contributed by atoms with Crippen LogP contribution >= 0.6 is 0 Å². The molecule has 1 atom stereocenters. The predicted octanol–water partition coefficient (Wildman–Crippen LogP) is 3.80.